The van der Waals surface area contributed by atoms with E-state index in [0.717, 1.165) is 11.7 Å². The van der Waals surface area contributed by atoms with Gasteiger partial charge in [-0.1, -0.05) is 13.0 Å². The molecular formula is C19H24O2. The van der Waals surface area contributed by atoms with Gasteiger partial charge in [-0.3, -0.25) is 0 Å². The Morgan fingerprint density at radius 2 is 2.24 bits per heavy atom. The minimum atomic E-state index is 0.255. The van der Waals surface area contributed by atoms with E-state index in [1.807, 2.05) is 6.26 Å². The average Bonchev–Trinajstić information content (AvgIpc) is 2.95. The molecule has 2 nitrogen and oxygen atoms in total. The van der Waals surface area contributed by atoms with Crippen LogP contribution in [0.4, 0.5) is 0 Å². The van der Waals surface area contributed by atoms with Crippen molar-refractivity contribution in [2.45, 2.75) is 44.9 Å². The number of fused-ring (bicyclic) bond motifs is 4. The highest BCUT2D eigenvalue weighted by Crippen LogP contribution is 2.80. The first kappa shape index (κ1) is 12.5. The van der Waals surface area contributed by atoms with Gasteiger partial charge in [0.15, 0.2) is 0 Å². The minimum absolute atomic E-state index is 0.255. The monoisotopic (exact) mass is 284 g/mol. The fraction of sp³-hybridized carbons (Fsp3) is 0.684. The van der Waals surface area contributed by atoms with E-state index in [4.69, 9.17) is 4.42 Å². The Morgan fingerprint density at radius 1 is 1.33 bits per heavy atom. The van der Waals surface area contributed by atoms with Gasteiger partial charge in [0.1, 0.15) is 5.76 Å². The van der Waals surface area contributed by atoms with Crippen molar-refractivity contribution in [2.75, 3.05) is 6.61 Å². The van der Waals surface area contributed by atoms with E-state index in [9.17, 15) is 5.11 Å². The topological polar surface area (TPSA) is 33.4 Å². The van der Waals surface area contributed by atoms with Crippen LogP contribution in [0.1, 0.15) is 56.3 Å². The molecule has 0 saturated heterocycles. The average molecular weight is 284 g/mol. The molecule has 4 aliphatic rings. The number of aliphatic hydroxyl groups excluding tert-OH is 1. The lowest BCUT2D eigenvalue weighted by Gasteiger charge is -2.50. The van der Waals surface area contributed by atoms with Crippen molar-refractivity contribution < 1.29 is 9.52 Å². The third-order valence-corrected chi connectivity index (χ3v) is 7.77. The van der Waals surface area contributed by atoms with Gasteiger partial charge in [-0.05, 0) is 73.3 Å². The van der Waals surface area contributed by atoms with Crippen LogP contribution in [0.3, 0.4) is 0 Å². The fourth-order valence-corrected chi connectivity index (χ4v) is 6.61. The van der Waals surface area contributed by atoms with Gasteiger partial charge in [-0.25, -0.2) is 0 Å². The number of furan rings is 1. The molecule has 1 N–H and O–H groups in total. The smallest absolute Gasteiger partial charge is 0.129 e. The molecule has 0 radical (unpaired) electrons. The molecule has 112 valence electrons. The molecule has 3 saturated carbocycles. The maximum atomic E-state index is 10.1. The fourth-order valence-electron chi connectivity index (χ4n) is 6.61. The molecule has 1 spiro atoms. The zero-order valence-electron chi connectivity index (χ0n) is 12.7. The molecule has 1 heterocycles. The Balaban J connectivity index is 1.55. The van der Waals surface area contributed by atoms with Crippen LogP contribution in [0.5, 0.6) is 0 Å². The molecule has 5 rings (SSSR count). The van der Waals surface area contributed by atoms with E-state index in [-0.39, 0.29) is 5.41 Å². The summed E-state index contributed by atoms with van der Waals surface area (Å²) < 4.78 is 5.61. The number of rotatable bonds is 1. The van der Waals surface area contributed by atoms with Crippen LogP contribution in [-0.2, 0) is 0 Å². The quantitative estimate of drug-likeness (QED) is 0.838. The van der Waals surface area contributed by atoms with E-state index < -0.39 is 0 Å². The number of allylic oxidation sites excluding steroid dienone is 1. The van der Waals surface area contributed by atoms with Crippen LogP contribution in [0, 0.1) is 28.6 Å². The molecule has 2 heteroatoms. The third-order valence-electron chi connectivity index (χ3n) is 7.77. The Morgan fingerprint density at radius 3 is 3.10 bits per heavy atom. The molecule has 4 aliphatic carbocycles. The molecule has 1 aromatic rings. The molecule has 0 aliphatic heterocycles. The van der Waals surface area contributed by atoms with E-state index in [1.54, 1.807) is 0 Å². The first-order valence-corrected chi connectivity index (χ1v) is 8.58. The van der Waals surface area contributed by atoms with Crippen molar-refractivity contribution in [3.8, 4) is 0 Å². The number of hydrogen-bond donors (Lipinski definition) is 1. The van der Waals surface area contributed by atoms with Gasteiger partial charge in [0.2, 0.25) is 0 Å². The van der Waals surface area contributed by atoms with E-state index in [0.29, 0.717) is 29.8 Å². The lowest BCUT2D eigenvalue weighted by molar-refractivity contribution is -0.00214. The van der Waals surface area contributed by atoms with Gasteiger partial charge in [-0.15, -0.1) is 0 Å². The summed E-state index contributed by atoms with van der Waals surface area (Å²) in [5.41, 5.74) is 2.14. The third kappa shape index (κ3) is 1.30. The van der Waals surface area contributed by atoms with Gasteiger partial charge in [0.25, 0.3) is 0 Å². The maximum Gasteiger partial charge on any atom is 0.129 e. The summed E-state index contributed by atoms with van der Waals surface area (Å²) in [5, 5.41) is 10.1. The van der Waals surface area contributed by atoms with E-state index >= 15 is 0 Å². The Labute approximate surface area is 126 Å². The molecule has 21 heavy (non-hydrogen) atoms. The van der Waals surface area contributed by atoms with Gasteiger partial charge in [0, 0.05) is 17.6 Å². The largest absolute Gasteiger partial charge is 0.465 e. The molecule has 6 atom stereocenters. The molecule has 3 fully saturated rings. The zero-order valence-corrected chi connectivity index (χ0v) is 12.7. The summed E-state index contributed by atoms with van der Waals surface area (Å²) in [4.78, 5) is 0. The Kier molecular flexibility index (Phi) is 2.29. The molecule has 0 aromatic carbocycles. The minimum Gasteiger partial charge on any atom is -0.465 e. The molecular weight excluding hydrogens is 260 g/mol. The predicted molar refractivity (Wildman–Crippen MR) is 81.7 cm³/mol. The zero-order chi connectivity index (χ0) is 14.2. The van der Waals surface area contributed by atoms with Gasteiger partial charge < -0.3 is 9.52 Å². The van der Waals surface area contributed by atoms with Crippen molar-refractivity contribution in [2.24, 2.45) is 28.6 Å². The molecule has 1 aromatic heterocycles. The first-order chi connectivity index (χ1) is 10.2. The molecule has 0 bridgehead atoms. The highest BCUT2D eigenvalue weighted by atomic mass is 16.3. The summed E-state index contributed by atoms with van der Waals surface area (Å²) in [5.74, 6) is 3.89. The van der Waals surface area contributed by atoms with Crippen LogP contribution in [-0.4, -0.2) is 11.7 Å². The SMILES string of the molecule is C[C@@H]1CCC2C3C=Cc4occc4C3CCC23C[C@@]13CO. The summed E-state index contributed by atoms with van der Waals surface area (Å²) in [6.07, 6.45) is 13.0. The van der Waals surface area contributed by atoms with Crippen molar-refractivity contribution >= 4 is 6.08 Å². The maximum absolute atomic E-state index is 10.1. The second-order valence-corrected chi connectivity index (χ2v) is 8.05. The molecule has 4 unspecified atom stereocenters. The highest BCUT2D eigenvalue weighted by Gasteiger charge is 2.75. The second-order valence-electron chi connectivity index (χ2n) is 8.05. The van der Waals surface area contributed by atoms with Gasteiger partial charge in [0.05, 0.1) is 6.26 Å². The Bertz CT molecular complexity index is 615. The summed E-state index contributed by atoms with van der Waals surface area (Å²) in [6.45, 7) is 2.78. The number of aliphatic hydroxyl groups is 1. The van der Waals surface area contributed by atoms with Crippen LogP contribution >= 0.6 is 0 Å². The van der Waals surface area contributed by atoms with Gasteiger partial charge in [-0.2, -0.15) is 0 Å². The van der Waals surface area contributed by atoms with E-state index in [1.165, 1.54) is 37.7 Å². The van der Waals surface area contributed by atoms with Crippen molar-refractivity contribution in [1.82, 2.24) is 0 Å². The standard InChI is InChI=1S/C19H24O2/c1-12-2-4-16-14-3-5-17-15(7-9-21-17)13(14)6-8-18(16)10-19(12,18)11-20/h3,5,7,9,12-14,16,20H,2,4,6,8,10-11H2,1H3/t12-,13?,14?,16?,18?,19-/m1/s1. The first-order valence-electron chi connectivity index (χ1n) is 8.58. The van der Waals surface area contributed by atoms with Crippen molar-refractivity contribution in [1.29, 1.82) is 0 Å². The molecule has 0 amide bonds. The van der Waals surface area contributed by atoms with Crippen LogP contribution in [0.15, 0.2) is 22.8 Å². The van der Waals surface area contributed by atoms with E-state index in [2.05, 4.69) is 25.1 Å². The lowest BCUT2D eigenvalue weighted by atomic mass is 9.54. The predicted octanol–water partition coefficient (Wildman–Crippen LogP) is 4.21. The van der Waals surface area contributed by atoms with Crippen molar-refractivity contribution in [3.63, 3.8) is 0 Å². The van der Waals surface area contributed by atoms with Gasteiger partial charge >= 0.3 is 0 Å². The van der Waals surface area contributed by atoms with Crippen LogP contribution in [0.2, 0.25) is 0 Å². The number of hydrogen-bond acceptors (Lipinski definition) is 2. The summed E-state index contributed by atoms with van der Waals surface area (Å²) in [7, 11) is 0. The lowest BCUT2D eigenvalue weighted by Crippen LogP contribution is -2.43. The highest BCUT2D eigenvalue weighted by molar-refractivity contribution is 5.54. The van der Waals surface area contributed by atoms with Crippen LogP contribution in [0.25, 0.3) is 6.08 Å². The van der Waals surface area contributed by atoms with Crippen LogP contribution < -0.4 is 0 Å². The normalized spacial score (nSPS) is 49.8. The summed E-state index contributed by atoms with van der Waals surface area (Å²) in [6, 6.07) is 2.19. The second kappa shape index (κ2) is 3.84. The summed E-state index contributed by atoms with van der Waals surface area (Å²) >= 11 is 0. The van der Waals surface area contributed by atoms with Crippen molar-refractivity contribution in [3.05, 3.63) is 29.7 Å². The Hall–Kier alpha value is -1.02.